The first-order chi connectivity index (χ1) is 41.6. The quantitative estimate of drug-likeness (QED) is 0.0372. The average molecular weight is 1270 g/mol. The van der Waals surface area contributed by atoms with E-state index in [2.05, 4.69) is 30.1 Å². The fourth-order valence-corrected chi connectivity index (χ4v) is 9.17. The second-order valence-corrected chi connectivity index (χ2v) is 19.1. The van der Waals surface area contributed by atoms with Crippen LogP contribution < -0.4 is 52.1 Å². The second kappa shape index (κ2) is 30.2. The van der Waals surface area contributed by atoms with Crippen molar-refractivity contribution in [3.63, 3.8) is 0 Å². The summed E-state index contributed by atoms with van der Waals surface area (Å²) in [5, 5.41) is 8.46. The van der Waals surface area contributed by atoms with Crippen molar-refractivity contribution < 1.29 is 85.2 Å². The molecule has 0 aliphatic heterocycles. The molecule has 0 amide bonds. The predicted molar refractivity (Wildman–Crippen MR) is 305 cm³/mol. The fraction of sp³-hybridized carbons (Fsp3) is 0.281. The number of ether oxygens (including phenoxy) is 2. The van der Waals surface area contributed by atoms with Gasteiger partial charge in [0.1, 0.15) is 5.82 Å². The molecule has 10 rings (SSSR count). The van der Waals surface area contributed by atoms with Crippen LogP contribution in [0.2, 0.25) is 0 Å². The van der Waals surface area contributed by atoms with Gasteiger partial charge in [0.25, 0.3) is 11.1 Å². The van der Waals surface area contributed by atoms with Crippen LogP contribution in [0, 0.1) is 0 Å². The Bertz CT molecular complexity index is 4370. The van der Waals surface area contributed by atoms with Crippen LogP contribution in [0.1, 0.15) is 78.7 Å². The van der Waals surface area contributed by atoms with E-state index in [0.29, 0.717) is 35.1 Å². The number of alkyl halides is 7. The SMILES string of the molecule is CCCn1c(=O)c2c(nc(-c3cnn(Cc4cccc(C(F)(F)F)c4)c3)n2C(=O)OCCl)n(CC)c1=O.CCCn1c(=O)c2c(nc(-c3cnn(Cc4cccc(C(F)(F)F)c4)c3)n2COC(=O)c2cccnc2)n(CC)c1=O.O=[C-]c1cccnc1.[Na+].[OH-]. The van der Waals surface area contributed by atoms with Crippen molar-refractivity contribution in [2.45, 2.75) is 98.9 Å². The zero-order chi connectivity index (χ0) is 62.7. The van der Waals surface area contributed by atoms with Crippen molar-refractivity contribution in [1.29, 1.82) is 0 Å². The van der Waals surface area contributed by atoms with Gasteiger partial charge in [-0.2, -0.15) is 42.6 Å². The van der Waals surface area contributed by atoms with Crippen molar-refractivity contribution in [3.8, 4) is 22.8 Å². The number of pyridine rings is 2. The molecule has 24 nitrogen and oxygen atoms in total. The maximum absolute atomic E-state index is 13.6. The number of rotatable bonds is 17. The van der Waals surface area contributed by atoms with Crippen molar-refractivity contribution >= 4 is 52.3 Å². The van der Waals surface area contributed by atoms with Gasteiger partial charge in [-0.3, -0.25) is 46.8 Å². The van der Waals surface area contributed by atoms with Crippen LogP contribution in [0.5, 0.6) is 0 Å². The minimum atomic E-state index is -4.49. The summed E-state index contributed by atoms with van der Waals surface area (Å²) in [4.78, 5) is 105. The maximum atomic E-state index is 13.6. The number of aromatic nitrogens is 14. The topological polar surface area (TPSA) is 285 Å². The number of hydrogen-bond donors (Lipinski definition) is 0. The number of carbonyl (C=O) groups excluding carboxylic acids is 3. The van der Waals surface area contributed by atoms with Crippen LogP contribution in [0.25, 0.3) is 45.1 Å². The summed E-state index contributed by atoms with van der Waals surface area (Å²) in [6.07, 6.45) is 4.52. The number of imidazole rings is 2. The molecule has 8 heterocycles. The van der Waals surface area contributed by atoms with Gasteiger partial charge in [-0.1, -0.05) is 55.9 Å². The molecule has 0 aliphatic carbocycles. The van der Waals surface area contributed by atoms with E-state index in [-0.39, 0.29) is 119 Å². The van der Waals surface area contributed by atoms with Gasteiger partial charge in [-0.15, -0.1) is 11.6 Å². The summed E-state index contributed by atoms with van der Waals surface area (Å²) in [7, 11) is 0. The maximum Gasteiger partial charge on any atom is 1.00 e. The molecule has 10 aromatic rings. The molecule has 0 fully saturated rings. The second-order valence-electron chi connectivity index (χ2n) is 18.9. The zero-order valence-electron chi connectivity index (χ0n) is 48.1. The minimum Gasteiger partial charge on any atom is -0.870 e. The molecule has 0 saturated heterocycles. The van der Waals surface area contributed by atoms with E-state index in [0.717, 1.165) is 38.0 Å². The van der Waals surface area contributed by atoms with Crippen LogP contribution in [0.15, 0.2) is 142 Å². The Balaban J connectivity index is 0.000000248. The zero-order valence-corrected chi connectivity index (χ0v) is 50.9. The molecule has 0 radical (unpaired) electrons. The molecular weight excluding hydrogens is 1210 g/mol. The summed E-state index contributed by atoms with van der Waals surface area (Å²) >= 11 is 5.59. The van der Waals surface area contributed by atoms with Crippen LogP contribution in [-0.4, -0.2) is 96.8 Å². The smallest absolute Gasteiger partial charge is 0.870 e. The number of benzene rings is 2. The van der Waals surface area contributed by atoms with Crippen LogP contribution in [0.4, 0.5) is 31.1 Å². The summed E-state index contributed by atoms with van der Waals surface area (Å²) in [6.45, 7) is 7.41. The monoisotopic (exact) mass is 1270 g/mol. The van der Waals surface area contributed by atoms with Gasteiger partial charge in [-0.25, -0.2) is 33.7 Å². The molecule has 0 bridgehead atoms. The van der Waals surface area contributed by atoms with Gasteiger partial charge in [0.2, 0.25) is 0 Å². The molecule has 89 heavy (non-hydrogen) atoms. The van der Waals surface area contributed by atoms with E-state index in [4.69, 9.17) is 21.1 Å². The Hall–Kier alpha value is -9.10. The fourth-order valence-electron chi connectivity index (χ4n) is 9.08. The number of carbonyl (C=O) groups is 2. The number of esters is 1. The van der Waals surface area contributed by atoms with E-state index < -0.39 is 70.8 Å². The Morgan fingerprint density at radius 3 is 1.55 bits per heavy atom. The Morgan fingerprint density at radius 2 is 1.10 bits per heavy atom. The molecule has 0 saturated carbocycles. The van der Waals surface area contributed by atoms with E-state index in [1.807, 2.05) is 6.92 Å². The normalized spacial score (nSPS) is 11.2. The van der Waals surface area contributed by atoms with Gasteiger partial charge in [-0.05, 0) is 80.4 Å². The minimum absolute atomic E-state index is 0. The van der Waals surface area contributed by atoms with Crippen molar-refractivity contribution in [2.75, 3.05) is 6.07 Å². The molecule has 0 spiro atoms. The molecule has 1 N–H and O–H groups in total. The Morgan fingerprint density at radius 1 is 0.607 bits per heavy atom. The number of hydrogen-bond acceptors (Lipinski definition) is 16. The van der Waals surface area contributed by atoms with E-state index in [1.54, 1.807) is 63.7 Å². The number of halogens is 7. The standard InChI is InChI=1S/C28H26F3N7O4.C23H22ClF3N6O4.C6H4NO.Na.H2O/c1-3-11-37-25(39)22-24(36(4-2)27(37)41)34-23(38(22)17-42-26(40)19-8-6-10-32-13-19)20-14-33-35(16-20)15-18-7-5-9-21(12-18)28(29,30)31;1-3-8-32-20(34)17-19(31(4-2)21(32)35)29-18(33(17)22(36)37-13-24)15-10-28-30(12-15)11-14-6-5-7-16(9-14)23(25,26)27;8-5-6-2-1-3-7-4-6;;/h5-10,12-14,16H,3-4,11,15,17H2,1-2H3;5-7,9-10,12H,3-4,8,11,13H2,1-2H3;1-4H;;1H2/q;;-1;+1;/p-1. The summed E-state index contributed by atoms with van der Waals surface area (Å²) < 4.78 is 99.2. The number of nitrogens with zero attached hydrogens (tertiary/aromatic N) is 14. The first-order valence-corrected chi connectivity index (χ1v) is 27.2. The van der Waals surface area contributed by atoms with E-state index >= 15 is 0 Å². The van der Waals surface area contributed by atoms with E-state index in [9.17, 15) is 59.9 Å². The molecule has 8 aromatic heterocycles. The van der Waals surface area contributed by atoms with Crippen molar-refractivity contribution in [3.05, 3.63) is 197 Å². The van der Waals surface area contributed by atoms with Crippen molar-refractivity contribution in [2.24, 2.45) is 0 Å². The number of aryl methyl sites for hydroxylation is 2. The molecule has 0 aliphatic rings. The molecular formula is C57H53ClF6N14NaO10-. The van der Waals surface area contributed by atoms with Gasteiger partial charge < -0.3 is 24.7 Å². The summed E-state index contributed by atoms with van der Waals surface area (Å²) in [5.41, 5.74) is -1.87. The first kappa shape index (κ1) is 69.0. The van der Waals surface area contributed by atoms with Crippen molar-refractivity contribution in [1.82, 2.24) is 66.9 Å². The molecule has 0 atom stereocenters. The third kappa shape index (κ3) is 15.6. The van der Waals surface area contributed by atoms with Gasteiger partial charge in [0, 0.05) is 51.0 Å². The largest absolute Gasteiger partial charge is 1.00 e. The Labute approximate surface area is 526 Å². The predicted octanol–water partition coefficient (Wildman–Crippen LogP) is 5.20. The van der Waals surface area contributed by atoms with Gasteiger partial charge in [0.05, 0.1) is 59.6 Å². The summed E-state index contributed by atoms with van der Waals surface area (Å²) in [6, 6.07) is 15.7. The van der Waals surface area contributed by atoms with Gasteiger partial charge >= 0.3 is 65.4 Å². The molecule has 2 aromatic carbocycles. The molecule has 32 heteroatoms. The molecule has 0 unspecified atom stereocenters. The van der Waals surface area contributed by atoms with E-state index in [1.165, 1.54) is 84.5 Å². The van der Waals surface area contributed by atoms with Crippen LogP contribution in [-0.2, 0) is 72.6 Å². The molecule has 462 valence electrons. The first-order valence-electron chi connectivity index (χ1n) is 26.6. The van der Waals surface area contributed by atoms with Gasteiger partial charge in [0.15, 0.2) is 40.9 Å². The third-order valence-electron chi connectivity index (χ3n) is 13.0. The van der Waals surface area contributed by atoms with Crippen LogP contribution >= 0.6 is 11.6 Å². The summed E-state index contributed by atoms with van der Waals surface area (Å²) in [5.74, 6) is -0.533. The average Bonchev–Trinajstić information content (AvgIpc) is 1.63. The van der Waals surface area contributed by atoms with Crippen LogP contribution in [0.3, 0.4) is 0 Å². The third-order valence-corrected chi connectivity index (χ3v) is 13.1. The Kier molecular flexibility index (Phi) is 23.4. The number of fused-ring (bicyclic) bond motifs is 2.